The van der Waals surface area contributed by atoms with Crippen molar-refractivity contribution < 1.29 is 9.21 Å². The molecule has 1 aromatic heterocycles. The molecular weight excluding hydrogens is 250 g/mol. The minimum atomic E-state index is -0.0248. The topological polar surface area (TPSA) is 33.5 Å². The summed E-state index contributed by atoms with van der Waals surface area (Å²) in [5, 5.41) is 0. The standard InChI is InChI=1S/C14H14ClNO2/c1-16(9-12-5-6-18-10-12)14(17)13-4-2-3-11(7-13)8-15/h2-7,10H,8-9H2,1H3. The summed E-state index contributed by atoms with van der Waals surface area (Å²) in [5.74, 6) is 0.384. The average molecular weight is 264 g/mol. The molecule has 0 radical (unpaired) electrons. The van der Waals surface area contributed by atoms with E-state index in [4.69, 9.17) is 16.0 Å². The molecule has 2 rings (SSSR count). The van der Waals surface area contributed by atoms with Gasteiger partial charge in [-0.05, 0) is 23.8 Å². The van der Waals surface area contributed by atoms with Crippen molar-refractivity contribution in [3.63, 3.8) is 0 Å². The van der Waals surface area contributed by atoms with E-state index in [0.29, 0.717) is 18.0 Å². The van der Waals surface area contributed by atoms with E-state index < -0.39 is 0 Å². The van der Waals surface area contributed by atoms with Crippen molar-refractivity contribution >= 4 is 17.5 Å². The molecule has 2 aromatic rings. The third kappa shape index (κ3) is 2.93. The zero-order chi connectivity index (χ0) is 13.0. The minimum Gasteiger partial charge on any atom is -0.472 e. The Bertz CT molecular complexity index is 522. The third-order valence-corrected chi connectivity index (χ3v) is 2.98. The molecule has 0 N–H and O–H groups in total. The molecule has 0 saturated carbocycles. The monoisotopic (exact) mass is 263 g/mol. The van der Waals surface area contributed by atoms with Crippen LogP contribution in [0.25, 0.3) is 0 Å². The van der Waals surface area contributed by atoms with Gasteiger partial charge in [-0.15, -0.1) is 11.6 Å². The van der Waals surface area contributed by atoms with Gasteiger partial charge in [-0.25, -0.2) is 0 Å². The maximum atomic E-state index is 12.2. The number of carbonyl (C=O) groups excluding carboxylic acids is 1. The molecule has 0 unspecified atom stereocenters. The molecule has 0 aliphatic rings. The molecule has 0 aliphatic heterocycles. The Balaban J connectivity index is 2.10. The van der Waals surface area contributed by atoms with Crippen molar-refractivity contribution in [1.82, 2.24) is 4.90 Å². The van der Waals surface area contributed by atoms with Crippen LogP contribution in [-0.2, 0) is 12.4 Å². The van der Waals surface area contributed by atoms with E-state index in [2.05, 4.69) is 0 Å². The van der Waals surface area contributed by atoms with Crippen LogP contribution >= 0.6 is 11.6 Å². The lowest BCUT2D eigenvalue weighted by Crippen LogP contribution is -2.26. The summed E-state index contributed by atoms with van der Waals surface area (Å²) in [6.45, 7) is 0.528. The molecule has 0 atom stereocenters. The Kier molecular flexibility index (Phi) is 4.05. The summed E-state index contributed by atoms with van der Waals surface area (Å²) in [6.07, 6.45) is 3.24. The highest BCUT2D eigenvalue weighted by molar-refractivity contribution is 6.17. The van der Waals surface area contributed by atoms with Crippen LogP contribution in [0.2, 0.25) is 0 Å². The highest BCUT2D eigenvalue weighted by atomic mass is 35.5. The van der Waals surface area contributed by atoms with Crippen LogP contribution in [0.1, 0.15) is 21.5 Å². The van der Waals surface area contributed by atoms with Crippen molar-refractivity contribution in [3.05, 3.63) is 59.5 Å². The predicted octanol–water partition coefficient (Wildman–Crippen LogP) is 3.29. The maximum absolute atomic E-state index is 12.2. The highest BCUT2D eigenvalue weighted by Gasteiger charge is 2.12. The van der Waals surface area contributed by atoms with E-state index in [1.165, 1.54) is 0 Å². The van der Waals surface area contributed by atoms with Crippen molar-refractivity contribution in [3.8, 4) is 0 Å². The van der Waals surface area contributed by atoms with E-state index >= 15 is 0 Å². The van der Waals surface area contributed by atoms with Crippen molar-refractivity contribution in [2.24, 2.45) is 0 Å². The van der Waals surface area contributed by atoms with E-state index in [-0.39, 0.29) is 5.91 Å². The molecule has 1 heterocycles. The summed E-state index contributed by atoms with van der Waals surface area (Å²) in [4.78, 5) is 13.8. The van der Waals surface area contributed by atoms with Gasteiger partial charge in [-0.1, -0.05) is 12.1 Å². The normalized spacial score (nSPS) is 10.3. The summed E-state index contributed by atoms with van der Waals surface area (Å²) < 4.78 is 4.98. The van der Waals surface area contributed by atoms with Crippen LogP contribution in [0.15, 0.2) is 47.3 Å². The largest absolute Gasteiger partial charge is 0.472 e. The van der Waals surface area contributed by atoms with Crippen LogP contribution in [0.3, 0.4) is 0 Å². The van der Waals surface area contributed by atoms with Gasteiger partial charge in [0.15, 0.2) is 0 Å². The molecule has 0 bridgehead atoms. The summed E-state index contributed by atoms with van der Waals surface area (Å²) in [7, 11) is 1.77. The number of amides is 1. The van der Waals surface area contributed by atoms with Gasteiger partial charge in [-0.3, -0.25) is 4.79 Å². The molecule has 0 spiro atoms. The van der Waals surface area contributed by atoms with Gasteiger partial charge < -0.3 is 9.32 Å². The van der Waals surface area contributed by atoms with Crippen molar-refractivity contribution in [1.29, 1.82) is 0 Å². The van der Waals surface area contributed by atoms with E-state index in [1.54, 1.807) is 30.5 Å². The van der Waals surface area contributed by atoms with Gasteiger partial charge in [0, 0.05) is 30.6 Å². The molecular formula is C14H14ClNO2. The van der Waals surface area contributed by atoms with Gasteiger partial charge in [0.1, 0.15) is 0 Å². The van der Waals surface area contributed by atoms with Crippen LogP contribution in [0.4, 0.5) is 0 Å². The lowest BCUT2D eigenvalue weighted by Gasteiger charge is -2.16. The molecule has 1 amide bonds. The molecule has 0 saturated heterocycles. The number of alkyl halides is 1. The fraction of sp³-hybridized carbons (Fsp3) is 0.214. The van der Waals surface area contributed by atoms with E-state index in [9.17, 15) is 4.79 Å². The first-order valence-electron chi connectivity index (χ1n) is 5.62. The summed E-state index contributed by atoms with van der Waals surface area (Å²) in [6, 6.07) is 9.21. The molecule has 0 fully saturated rings. The number of furan rings is 1. The second-order valence-electron chi connectivity index (χ2n) is 4.13. The van der Waals surface area contributed by atoms with Gasteiger partial charge in [0.25, 0.3) is 5.91 Å². The fourth-order valence-electron chi connectivity index (χ4n) is 1.74. The van der Waals surface area contributed by atoms with Gasteiger partial charge in [0.2, 0.25) is 0 Å². The Hall–Kier alpha value is -1.74. The number of hydrogen-bond acceptors (Lipinski definition) is 2. The average Bonchev–Trinajstić information content (AvgIpc) is 2.90. The molecule has 4 heteroatoms. The molecule has 1 aromatic carbocycles. The second kappa shape index (κ2) is 5.74. The second-order valence-corrected chi connectivity index (χ2v) is 4.39. The molecule has 0 aliphatic carbocycles. The Morgan fingerprint density at radius 2 is 2.17 bits per heavy atom. The van der Waals surface area contributed by atoms with Gasteiger partial charge in [-0.2, -0.15) is 0 Å². The first kappa shape index (κ1) is 12.7. The molecule has 18 heavy (non-hydrogen) atoms. The molecule has 94 valence electrons. The first-order valence-corrected chi connectivity index (χ1v) is 6.15. The number of benzene rings is 1. The third-order valence-electron chi connectivity index (χ3n) is 2.67. The lowest BCUT2D eigenvalue weighted by atomic mass is 10.1. The van der Waals surface area contributed by atoms with Gasteiger partial charge >= 0.3 is 0 Å². The van der Waals surface area contributed by atoms with Crippen molar-refractivity contribution in [2.75, 3.05) is 7.05 Å². The van der Waals surface area contributed by atoms with Crippen LogP contribution in [0, 0.1) is 0 Å². The first-order chi connectivity index (χ1) is 8.70. The van der Waals surface area contributed by atoms with E-state index in [1.807, 2.05) is 24.3 Å². The van der Waals surface area contributed by atoms with Crippen molar-refractivity contribution in [2.45, 2.75) is 12.4 Å². The number of hydrogen-bond donors (Lipinski definition) is 0. The zero-order valence-electron chi connectivity index (χ0n) is 10.1. The zero-order valence-corrected chi connectivity index (χ0v) is 10.9. The summed E-state index contributed by atoms with van der Waals surface area (Å²) >= 11 is 5.76. The lowest BCUT2D eigenvalue weighted by molar-refractivity contribution is 0.0785. The predicted molar refractivity (Wildman–Crippen MR) is 70.5 cm³/mol. The van der Waals surface area contributed by atoms with E-state index in [0.717, 1.165) is 11.1 Å². The Labute approximate surface area is 111 Å². The number of rotatable bonds is 4. The van der Waals surface area contributed by atoms with Crippen LogP contribution < -0.4 is 0 Å². The fourth-order valence-corrected chi connectivity index (χ4v) is 1.90. The minimum absolute atomic E-state index is 0.0248. The van der Waals surface area contributed by atoms with Crippen LogP contribution in [0.5, 0.6) is 0 Å². The number of halogens is 1. The number of carbonyl (C=O) groups is 1. The maximum Gasteiger partial charge on any atom is 0.253 e. The molecule has 3 nitrogen and oxygen atoms in total. The Morgan fingerprint density at radius 3 is 2.83 bits per heavy atom. The Morgan fingerprint density at radius 1 is 1.33 bits per heavy atom. The smallest absolute Gasteiger partial charge is 0.253 e. The quantitative estimate of drug-likeness (QED) is 0.793. The van der Waals surface area contributed by atoms with Crippen LogP contribution in [-0.4, -0.2) is 17.9 Å². The number of nitrogens with zero attached hydrogens (tertiary/aromatic N) is 1. The SMILES string of the molecule is CN(Cc1ccoc1)C(=O)c1cccc(CCl)c1. The summed E-state index contributed by atoms with van der Waals surface area (Å²) in [5.41, 5.74) is 2.57. The van der Waals surface area contributed by atoms with Gasteiger partial charge in [0.05, 0.1) is 12.5 Å². The highest BCUT2D eigenvalue weighted by Crippen LogP contribution is 2.12.